The van der Waals surface area contributed by atoms with E-state index in [0.29, 0.717) is 37.7 Å². The molecule has 4 aromatic rings. The van der Waals surface area contributed by atoms with Gasteiger partial charge in [-0.1, -0.05) is 36.4 Å². The largest absolute Gasteiger partial charge is 0.493 e. The van der Waals surface area contributed by atoms with Gasteiger partial charge in [0.05, 0.1) is 23.8 Å². The molecule has 0 fully saturated rings. The van der Waals surface area contributed by atoms with E-state index in [9.17, 15) is 4.79 Å². The molecule has 0 aliphatic carbocycles. The van der Waals surface area contributed by atoms with Gasteiger partial charge in [0.25, 0.3) is 0 Å². The van der Waals surface area contributed by atoms with E-state index in [4.69, 9.17) is 18.6 Å². The van der Waals surface area contributed by atoms with Crippen LogP contribution in [0.5, 0.6) is 11.5 Å². The summed E-state index contributed by atoms with van der Waals surface area (Å²) in [5.74, 6) is 2.43. The quantitative estimate of drug-likeness (QED) is 0.230. The highest BCUT2D eigenvalue weighted by atomic mass is 32.1. The molecule has 182 valence electrons. The number of para-hydroxylation sites is 1. The maximum absolute atomic E-state index is 12.7. The molecule has 0 N–H and O–H groups in total. The van der Waals surface area contributed by atoms with Crippen LogP contribution < -0.4 is 9.47 Å². The third-order valence-corrected chi connectivity index (χ3v) is 6.35. The van der Waals surface area contributed by atoms with Gasteiger partial charge in [0.2, 0.25) is 11.5 Å². The summed E-state index contributed by atoms with van der Waals surface area (Å²) >= 11 is 1.60. The molecule has 0 saturated heterocycles. The lowest BCUT2D eigenvalue weighted by molar-refractivity contribution is -0.160. The molecule has 0 bridgehead atoms. The number of rotatable bonds is 11. The van der Waals surface area contributed by atoms with Gasteiger partial charge < -0.3 is 18.6 Å². The molecule has 0 aliphatic heterocycles. The summed E-state index contributed by atoms with van der Waals surface area (Å²) < 4.78 is 23.1. The van der Waals surface area contributed by atoms with Gasteiger partial charge in [-0.25, -0.2) is 9.78 Å². The maximum Gasteiger partial charge on any atom is 0.350 e. The average molecular weight is 492 g/mol. The Morgan fingerprint density at radius 3 is 2.49 bits per heavy atom. The number of aromatic nitrogens is 1. The van der Waals surface area contributed by atoms with Crippen LogP contribution in [0, 0.1) is 6.92 Å². The van der Waals surface area contributed by atoms with Gasteiger partial charge in [0.15, 0.2) is 0 Å². The lowest BCUT2D eigenvalue weighted by Gasteiger charge is -2.28. The lowest BCUT2D eigenvalue weighted by atomic mass is 9.96. The Bertz CT molecular complexity index is 1220. The van der Waals surface area contributed by atoms with Crippen molar-refractivity contribution in [1.29, 1.82) is 0 Å². The first kappa shape index (κ1) is 24.5. The van der Waals surface area contributed by atoms with E-state index in [2.05, 4.69) is 4.98 Å². The molecule has 2 aromatic heterocycles. The number of ether oxygens (including phenoxy) is 3. The molecular formula is C28H29NO5S. The van der Waals surface area contributed by atoms with Crippen molar-refractivity contribution in [1.82, 2.24) is 4.98 Å². The van der Waals surface area contributed by atoms with E-state index in [-0.39, 0.29) is 0 Å². The van der Waals surface area contributed by atoms with Gasteiger partial charge in [-0.2, -0.15) is 0 Å². The zero-order valence-corrected chi connectivity index (χ0v) is 21.0. The first-order valence-electron chi connectivity index (χ1n) is 11.6. The third-order valence-electron chi connectivity index (χ3n) is 5.49. The Balaban J connectivity index is 1.36. The summed E-state index contributed by atoms with van der Waals surface area (Å²) in [4.78, 5) is 18.4. The minimum Gasteiger partial charge on any atom is -0.493 e. The van der Waals surface area contributed by atoms with Crippen molar-refractivity contribution in [3.05, 3.63) is 89.1 Å². The number of hydrogen-bond donors (Lipinski definition) is 0. The molecule has 7 heteroatoms. The Morgan fingerprint density at radius 2 is 1.80 bits per heavy atom. The van der Waals surface area contributed by atoms with Crippen molar-refractivity contribution < 1.29 is 23.4 Å². The molecule has 35 heavy (non-hydrogen) atoms. The normalized spacial score (nSPS) is 12.7. The highest BCUT2D eigenvalue weighted by molar-refractivity contribution is 7.13. The summed E-state index contributed by atoms with van der Waals surface area (Å²) in [5.41, 5.74) is 0.690. The van der Waals surface area contributed by atoms with Crippen LogP contribution in [0.4, 0.5) is 0 Å². The fourth-order valence-corrected chi connectivity index (χ4v) is 4.36. The van der Waals surface area contributed by atoms with E-state index in [1.54, 1.807) is 25.2 Å². The number of oxazole rings is 1. The van der Waals surface area contributed by atoms with Crippen LogP contribution in [-0.2, 0) is 22.4 Å². The topological polar surface area (TPSA) is 70.8 Å². The summed E-state index contributed by atoms with van der Waals surface area (Å²) in [6, 6.07) is 21.0. The van der Waals surface area contributed by atoms with Crippen LogP contribution in [0.15, 0.2) is 76.5 Å². The minimum absolute atomic E-state index is 0.291. The lowest BCUT2D eigenvalue weighted by Crippen LogP contribution is -2.45. The monoisotopic (exact) mass is 491 g/mol. The van der Waals surface area contributed by atoms with Gasteiger partial charge in [-0.15, -0.1) is 11.3 Å². The average Bonchev–Trinajstić information content (AvgIpc) is 3.51. The molecular weight excluding hydrogens is 462 g/mol. The van der Waals surface area contributed by atoms with E-state index in [1.165, 1.54) is 0 Å². The van der Waals surface area contributed by atoms with Gasteiger partial charge in [0.1, 0.15) is 17.3 Å². The van der Waals surface area contributed by atoms with Gasteiger partial charge in [-0.3, -0.25) is 0 Å². The Morgan fingerprint density at radius 1 is 1.03 bits per heavy atom. The SMILES string of the molecule is CCOC(=O)C(C)(Cc1ccc(OCCc2nc(-c3cccs3)oc2C)cc1)Oc1ccccc1. The predicted octanol–water partition coefficient (Wildman–Crippen LogP) is 6.28. The Hall–Kier alpha value is -3.58. The van der Waals surface area contributed by atoms with Crippen molar-refractivity contribution in [2.24, 2.45) is 0 Å². The van der Waals surface area contributed by atoms with Gasteiger partial charge >= 0.3 is 5.97 Å². The minimum atomic E-state index is -1.15. The molecule has 2 heterocycles. The summed E-state index contributed by atoms with van der Waals surface area (Å²) in [7, 11) is 0. The van der Waals surface area contributed by atoms with Crippen LogP contribution in [0.1, 0.15) is 30.9 Å². The van der Waals surface area contributed by atoms with Gasteiger partial charge in [-0.05, 0) is 62.0 Å². The second-order valence-corrected chi connectivity index (χ2v) is 9.23. The standard InChI is InChI=1S/C28H29NO5S/c1-4-31-27(30)28(3,34-23-9-6-5-7-10-23)19-21-12-14-22(15-13-21)32-17-16-24-20(2)33-26(29-24)25-11-8-18-35-25/h5-15,18H,4,16-17,19H2,1-3H3. The molecule has 0 saturated carbocycles. The fraction of sp³-hybridized carbons (Fsp3) is 0.286. The number of aryl methyl sites for hydroxylation is 1. The number of carbonyl (C=O) groups is 1. The maximum atomic E-state index is 12.7. The number of thiophene rings is 1. The second-order valence-electron chi connectivity index (χ2n) is 8.28. The predicted molar refractivity (Wildman–Crippen MR) is 136 cm³/mol. The van der Waals surface area contributed by atoms with Crippen molar-refractivity contribution in [2.75, 3.05) is 13.2 Å². The van der Waals surface area contributed by atoms with Crippen molar-refractivity contribution in [3.8, 4) is 22.3 Å². The molecule has 0 amide bonds. The zero-order valence-electron chi connectivity index (χ0n) is 20.2. The second kappa shape index (κ2) is 11.2. The van der Waals surface area contributed by atoms with Crippen LogP contribution in [0.25, 0.3) is 10.8 Å². The van der Waals surface area contributed by atoms with Crippen molar-refractivity contribution in [2.45, 2.75) is 39.2 Å². The number of benzene rings is 2. The molecule has 0 aliphatic rings. The first-order chi connectivity index (χ1) is 17.0. The smallest absolute Gasteiger partial charge is 0.350 e. The highest BCUT2D eigenvalue weighted by Crippen LogP contribution is 2.27. The van der Waals surface area contributed by atoms with Crippen LogP contribution in [0.3, 0.4) is 0 Å². The molecule has 6 nitrogen and oxygen atoms in total. The van der Waals surface area contributed by atoms with Crippen molar-refractivity contribution >= 4 is 17.3 Å². The summed E-state index contributed by atoms with van der Waals surface area (Å²) in [6.07, 6.45) is 1.01. The first-order valence-corrected chi connectivity index (χ1v) is 12.5. The third kappa shape index (κ3) is 6.31. The van der Waals surface area contributed by atoms with Crippen LogP contribution >= 0.6 is 11.3 Å². The van der Waals surface area contributed by atoms with E-state index in [0.717, 1.165) is 27.6 Å². The fourth-order valence-electron chi connectivity index (χ4n) is 3.71. The number of esters is 1. The molecule has 4 rings (SSSR count). The molecule has 1 atom stereocenters. The molecule has 2 aromatic carbocycles. The Kier molecular flexibility index (Phi) is 7.87. The highest BCUT2D eigenvalue weighted by Gasteiger charge is 2.37. The summed E-state index contributed by atoms with van der Waals surface area (Å²) in [6.45, 7) is 6.24. The molecule has 0 radical (unpaired) electrons. The number of hydrogen-bond acceptors (Lipinski definition) is 7. The number of carbonyl (C=O) groups excluding carboxylic acids is 1. The number of nitrogens with zero attached hydrogens (tertiary/aromatic N) is 1. The van der Waals surface area contributed by atoms with E-state index >= 15 is 0 Å². The summed E-state index contributed by atoms with van der Waals surface area (Å²) in [5, 5.41) is 2.00. The zero-order chi connectivity index (χ0) is 24.7. The Labute approximate surface area is 209 Å². The van der Waals surface area contributed by atoms with Crippen LogP contribution in [0.2, 0.25) is 0 Å². The van der Waals surface area contributed by atoms with Crippen molar-refractivity contribution in [3.63, 3.8) is 0 Å². The molecule has 1 unspecified atom stereocenters. The van der Waals surface area contributed by atoms with E-state index < -0.39 is 11.6 Å². The molecule has 0 spiro atoms. The van der Waals surface area contributed by atoms with Gasteiger partial charge in [0, 0.05) is 12.8 Å². The van der Waals surface area contributed by atoms with E-state index in [1.807, 2.05) is 79.0 Å². The van der Waals surface area contributed by atoms with Crippen LogP contribution in [-0.4, -0.2) is 29.8 Å².